The second kappa shape index (κ2) is 3.28. The fourth-order valence-corrected chi connectivity index (χ4v) is 1.85. The van der Waals surface area contributed by atoms with Gasteiger partial charge in [0.1, 0.15) is 0 Å². The summed E-state index contributed by atoms with van der Waals surface area (Å²) in [5.41, 5.74) is 0. The van der Waals surface area contributed by atoms with E-state index in [2.05, 4.69) is 12.6 Å². The van der Waals surface area contributed by atoms with E-state index in [9.17, 15) is 12.6 Å². The Balaban J connectivity index is 5.39. The first kappa shape index (κ1) is 9.06. The Kier molecular flexibility index (Phi) is 3.31. The van der Waals surface area contributed by atoms with Crippen LogP contribution in [0, 0.1) is 0 Å². The van der Waals surface area contributed by atoms with Crippen LogP contribution in [0.25, 0.3) is 0 Å². The van der Waals surface area contributed by atoms with Crippen molar-refractivity contribution in [1.82, 2.24) is 0 Å². The average molecular weight is 186 g/mol. The van der Waals surface area contributed by atoms with E-state index in [1.54, 1.807) is 0 Å². The minimum absolute atomic E-state index is 1.04. The minimum Gasteiger partial charge on any atom is -0.248 e. The van der Waals surface area contributed by atoms with Gasteiger partial charge in [-0.2, -0.15) is 21.0 Å². The van der Waals surface area contributed by atoms with Gasteiger partial charge in [-0.1, -0.05) is 0 Å². The molecule has 0 aliphatic rings. The van der Waals surface area contributed by atoms with Crippen LogP contribution in [0.15, 0.2) is 10.8 Å². The van der Waals surface area contributed by atoms with E-state index in [0.29, 0.717) is 0 Å². The molecule has 0 spiro atoms. The predicted molar refractivity (Wildman–Crippen MR) is 41.1 cm³/mol. The van der Waals surface area contributed by atoms with E-state index in [0.717, 1.165) is 17.1 Å². The number of hydrogen-bond donors (Lipinski definition) is 1. The average Bonchev–Trinajstić information content (AvgIpc) is 1.65. The van der Waals surface area contributed by atoms with Crippen molar-refractivity contribution in [3.63, 3.8) is 0 Å². The molecule has 0 aliphatic carbocycles. The lowest BCUT2D eigenvalue weighted by Gasteiger charge is -1.81. The molecule has 0 bridgehead atoms. The summed E-state index contributed by atoms with van der Waals surface area (Å²) in [6.07, 6.45) is 1.13. The molecule has 0 fully saturated rings. The van der Waals surface area contributed by atoms with Crippen molar-refractivity contribution in [2.45, 2.75) is 0 Å². The molecule has 0 heterocycles. The molecule has 0 aromatic heterocycles. The number of hydrogen-bond acceptors (Lipinski definition) is 4. The molecule has 1 atom stereocenters. The molecule has 0 aromatic carbocycles. The fraction of sp³-hybridized carbons (Fsp3) is 0.333. The first-order valence-electron chi connectivity index (χ1n) is 1.90. The maximum absolute atomic E-state index is 10.7. The fourth-order valence-electron chi connectivity index (χ4n) is 0.156. The smallest absolute Gasteiger partial charge is 0.248 e. The lowest BCUT2D eigenvalue weighted by molar-refractivity contribution is 0.625. The zero-order valence-electron chi connectivity index (χ0n) is 4.64. The van der Waals surface area contributed by atoms with Crippen LogP contribution in [0.1, 0.15) is 0 Å². The van der Waals surface area contributed by atoms with Gasteiger partial charge in [0.2, 0.25) is 0 Å². The topological polar surface area (TPSA) is 51.2 Å². The normalized spacial score (nSPS) is 17.6. The molecular weight excluding hydrogens is 180 g/mol. The van der Waals surface area contributed by atoms with Gasteiger partial charge in [0, 0.05) is 11.7 Å². The maximum atomic E-state index is 10.7. The highest BCUT2D eigenvalue weighted by Crippen LogP contribution is 1.89. The molecular formula is C3H6O3S3. The summed E-state index contributed by atoms with van der Waals surface area (Å²) in [6, 6.07) is 0. The van der Waals surface area contributed by atoms with Gasteiger partial charge >= 0.3 is 0 Å². The van der Waals surface area contributed by atoms with Crippen molar-refractivity contribution < 1.29 is 12.6 Å². The van der Waals surface area contributed by atoms with Crippen LogP contribution in [-0.4, -0.2) is 18.9 Å². The summed E-state index contributed by atoms with van der Waals surface area (Å²) in [6.45, 7) is 0. The van der Waals surface area contributed by atoms with Gasteiger partial charge in [-0.05, 0) is 5.41 Å². The Morgan fingerprint density at radius 1 is 1.56 bits per heavy atom. The molecule has 0 N–H and O–H groups in total. The van der Waals surface area contributed by atoms with E-state index in [4.69, 9.17) is 0 Å². The van der Waals surface area contributed by atoms with E-state index < -0.39 is 17.8 Å². The summed E-state index contributed by atoms with van der Waals surface area (Å²) in [4.78, 5) is 0. The summed E-state index contributed by atoms with van der Waals surface area (Å²) in [7, 11) is -5.37. The van der Waals surface area contributed by atoms with E-state index in [1.165, 1.54) is 0 Å². The summed E-state index contributed by atoms with van der Waals surface area (Å²) < 4.78 is 30.8. The largest absolute Gasteiger partial charge is 0.272 e. The van der Waals surface area contributed by atoms with Gasteiger partial charge in [0.15, 0.2) is 0 Å². The first-order valence-corrected chi connectivity index (χ1v) is 6.04. The van der Waals surface area contributed by atoms with Gasteiger partial charge in [-0.3, -0.25) is 0 Å². The lowest BCUT2D eigenvalue weighted by atomic mass is 11.3. The van der Waals surface area contributed by atoms with Crippen molar-refractivity contribution in [2.75, 3.05) is 6.26 Å². The molecule has 6 heteroatoms. The molecule has 0 aliphatic heterocycles. The Bertz CT molecular complexity index is 306. The second-order valence-corrected chi connectivity index (χ2v) is 6.76. The standard InChI is InChI=1S/C3H6O3S3/c1-9(6,3-2-7)8(4)5/h2-3,7H,1H3. The molecule has 1 unspecified atom stereocenters. The van der Waals surface area contributed by atoms with Crippen molar-refractivity contribution in [2.24, 2.45) is 0 Å². The van der Waals surface area contributed by atoms with Crippen molar-refractivity contribution >= 4 is 30.4 Å². The van der Waals surface area contributed by atoms with E-state index in [-0.39, 0.29) is 0 Å². The van der Waals surface area contributed by atoms with Crippen LogP contribution in [0.2, 0.25) is 0 Å². The van der Waals surface area contributed by atoms with Crippen molar-refractivity contribution in [1.29, 1.82) is 0 Å². The third-order valence-electron chi connectivity index (χ3n) is 0.578. The van der Waals surface area contributed by atoms with Gasteiger partial charge in [-0.15, -0.1) is 0 Å². The molecule has 0 saturated heterocycles. The summed E-state index contributed by atoms with van der Waals surface area (Å²) >= 11 is 3.58. The van der Waals surface area contributed by atoms with Gasteiger partial charge in [0.25, 0.3) is 9.26 Å². The third-order valence-corrected chi connectivity index (χ3v) is 4.05. The molecule has 0 radical (unpaired) electrons. The Hall–Kier alpha value is 0.0600. The van der Waals surface area contributed by atoms with E-state index in [1.807, 2.05) is 0 Å². The molecule has 9 heavy (non-hydrogen) atoms. The minimum atomic E-state index is -2.84. The van der Waals surface area contributed by atoms with Crippen molar-refractivity contribution in [3.8, 4) is 0 Å². The number of rotatable bonds is 1. The highest BCUT2D eigenvalue weighted by molar-refractivity contribution is 8.38. The van der Waals surface area contributed by atoms with Crippen molar-refractivity contribution in [3.05, 3.63) is 10.8 Å². The Morgan fingerprint density at radius 2 is 2.00 bits per heavy atom. The Labute approximate surface area is 60.4 Å². The molecule has 0 amide bonds. The monoisotopic (exact) mass is 186 g/mol. The van der Waals surface area contributed by atoms with Gasteiger partial charge < -0.3 is 0 Å². The highest BCUT2D eigenvalue weighted by atomic mass is 32.9. The quantitative estimate of drug-likeness (QED) is 0.591. The zero-order chi connectivity index (χ0) is 7.49. The third kappa shape index (κ3) is 2.92. The lowest BCUT2D eigenvalue weighted by Crippen LogP contribution is -1.89. The highest BCUT2D eigenvalue weighted by Gasteiger charge is 1.93. The Morgan fingerprint density at radius 3 is 2.11 bits per heavy atom. The van der Waals surface area contributed by atoms with Gasteiger partial charge in [0.05, 0.1) is 8.49 Å². The van der Waals surface area contributed by atoms with Crippen LogP contribution in [0.4, 0.5) is 0 Å². The SMILES string of the molecule is CS(=O)(C=CS)=S(=O)=O. The van der Waals surface area contributed by atoms with Crippen LogP contribution < -0.4 is 0 Å². The summed E-state index contributed by atoms with van der Waals surface area (Å²) in [5.74, 6) is 0. The first-order chi connectivity index (χ1) is 4.00. The van der Waals surface area contributed by atoms with Crippen LogP contribution in [0.5, 0.6) is 0 Å². The van der Waals surface area contributed by atoms with Gasteiger partial charge in [-0.25, -0.2) is 4.21 Å². The zero-order valence-corrected chi connectivity index (χ0v) is 7.17. The summed E-state index contributed by atoms with van der Waals surface area (Å²) in [5, 5.41) is 2.19. The molecule has 0 aromatic rings. The molecule has 0 saturated carbocycles. The van der Waals surface area contributed by atoms with Crippen LogP contribution in [-0.2, 0) is 17.8 Å². The number of thiol groups is 1. The van der Waals surface area contributed by atoms with Crippen LogP contribution in [0.3, 0.4) is 0 Å². The molecule has 54 valence electrons. The second-order valence-electron chi connectivity index (χ2n) is 1.32. The van der Waals surface area contributed by atoms with E-state index >= 15 is 0 Å². The maximum Gasteiger partial charge on any atom is 0.272 e. The predicted octanol–water partition coefficient (Wildman–Crippen LogP) is 0.0957. The van der Waals surface area contributed by atoms with Crippen LogP contribution >= 0.6 is 12.6 Å². The molecule has 0 rings (SSSR count). The molecule has 3 nitrogen and oxygen atoms in total.